The molecule has 1 aliphatic rings. The van der Waals surface area contributed by atoms with Crippen molar-refractivity contribution in [2.24, 2.45) is 5.73 Å². The van der Waals surface area contributed by atoms with Crippen molar-refractivity contribution in [1.29, 1.82) is 0 Å². The van der Waals surface area contributed by atoms with Gasteiger partial charge >= 0.3 is 6.18 Å². The molecule has 3 nitrogen and oxygen atoms in total. The molecule has 1 aliphatic heterocycles. The molecule has 0 radical (unpaired) electrons. The van der Waals surface area contributed by atoms with E-state index in [1.807, 2.05) is 0 Å². The van der Waals surface area contributed by atoms with Crippen LogP contribution in [0.3, 0.4) is 0 Å². The zero-order chi connectivity index (χ0) is 14.3. The zero-order valence-electron chi connectivity index (χ0n) is 10.1. The molecular weight excluding hydrogens is 279 g/mol. The van der Waals surface area contributed by atoms with Crippen molar-refractivity contribution in [2.75, 3.05) is 11.5 Å². The highest BCUT2D eigenvalue weighted by Crippen LogP contribution is 2.30. The van der Waals surface area contributed by atoms with E-state index in [0.717, 1.165) is 12.1 Å². The standard InChI is InChI=1S/C12H14F3NO2S/c13-12(14,15)10-3-1-9(2-4-10)7-11(16)5-6-19(17,18)8-11/h1-4H,5-8,16H2. The monoisotopic (exact) mass is 293 g/mol. The Labute approximate surface area is 109 Å². The van der Waals surface area contributed by atoms with E-state index in [1.165, 1.54) is 12.1 Å². The lowest BCUT2D eigenvalue weighted by Gasteiger charge is -2.22. The molecule has 0 amide bonds. The molecule has 1 unspecified atom stereocenters. The molecule has 1 saturated heterocycles. The van der Waals surface area contributed by atoms with Crippen LogP contribution in [0.5, 0.6) is 0 Å². The zero-order valence-corrected chi connectivity index (χ0v) is 10.9. The van der Waals surface area contributed by atoms with Crippen LogP contribution in [0.15, 0.2) is 24.3 Å². The van der Waals surface area contributed by atoms with E-state index >= 15 is 0 Å². The average Bonchev–Trinajstić information content (AvgIpc) is 2.52. The van der Waals surface area contributed by atoms with Crippen LogP contribution >= 0.6 is 0 Å². The first-order valence-corrected chi connectivity index (χ1v) is 7.57. The van der Waals surface area contributed by atoms with Crippen LogP contribution in [-0.2, 0) is 22.4 Å². The van der Waals surface area contributed by atoms with Gasteiger partial charge in [-0.05, 0) is 30.5 Å². The number of halogens is 3. The van der Waals surface area contributed by atoms with Gasteiger partial charge < -0.3 is 5.73 Å². The Hall–Kier alpha value is -1.08. The summed E-state index contributed by atoms with van der Waals surface area (Å²) in [5, 5.41) is 0. The fourth-order valence-electron chi connectivity index (χ4n) is 2.30. The molecule has 19 heavy (non-hydrogen) atoms. The second-order valence-electron chi connectivity index (χ2n) is 5.08. The lowest BCUT2D eigenvalue weighted by atomic mass is 9.91. The number of hydrogen-bond donors (Lipinski definition) is 1. The van der Waals surface area contributed by atoms with Gasteiger partial charge in [0.1, 0.15) is 0 Å². The molecule has 106 valence electrons. The summed E-state index contributed by atoms with van der Waals surface area (Å²) in [4.78, 5) is 0. The van der Waals surface area contributed by atoms with Crippen LogP contribution in [0.1, 0.15) is 17.5 Å². The maximum absolute atomic E-state index is 12.4. The molecule has 2 rings (SSSR count). The fourth-order valence-corrected chi connectivity index (χ4v) is 4.28. The van der Waals surface area contributed by atoms with Crippen molar-refractivity contribution < 1.29 is 21.6 Å². The molecule has 0 bridgehead atoms. The van der Waals surface area contributed by atoms with Gasteiger partial charge in [0.15, 0.2) is 9.84 Å². The second-order valence-corrected chi connectivity index (χ2v) is 7.26. The van der Waals surface area contributed by atoms with Crippen LogP contribution in [0.2, 0.25) is 0 Å². The molecule has 0 aliphatic carbocycles. The number of hydrogen-bond acceptors (Lipinski definition) is 3. The Morgan fingerprint density at radius 1 is 1.21 bits per heavy atom. The van der Waals surface area contributed by atoms with Crippen LogP contribution in [0.4, 0.5) is 13.2 Å². The topological polar surface area (TPSA) is 60.2 Å². The van der Waals surface area contributed by atoms with Crippen LogP contribution in [-0.4, -0.2) is 25.5 Å². The quantitative estimate of drug-likeness (QED) is 0.904. The van der Waals surface area contributed by atoms with Crippen molar-refractivity contribution in [2.45, 2.75) is 24.6 Å². The highest BCUT2D eigenvalue weighted by molar-refractivity contribution is 7.91. The summed E-state index contributed by atoms with van der Waals surface area (Å²) >= 11 is 0. The van der Waals surface area contributed by atoms with Crippen LogP contribution in [0, 0.1) is 0 Å². The third-order valence-corrected chi connectivity index (χ3v) is 5.10. The fraction of sp³-hybridized carbons (Fsp3) is 0.500. The molecule has 1 aromatic carbocycles. The predicted octanol–water partition coefficient (Wildman–Crippen LogP) is 1.76. The molecule has 1 fully saturated rings. The molecule has 1 heterocycles. The lowest BCUT2D eigenvalue weighted by molar-refractivity contribution is -0.137. The van der Waals surface area contributed by atoms with Crippen molar-refractivity contribution in [1.82, 2.24) is 0 Å². The van der Waals surface area contributed by atoms with E-state index in [1.54, 1.807) is 0 Å². The van der Waals surface area contributed by atoms with Crippen molar-refractivity contribution in [3.63, 3.8) is 0 Å². The van der Waals surface area contributed by atoms with E-state index in [4.69, 9.17) is 5.73 Å². The van der Waals surface area contributed by atoms with Gasteiger partial charge in [0.05, 0.1) is 17.1 Å². The predicted molar refractivity (Wildman–Crippen MR) is 65.3 cm³/mol. The number of nitrogens with two attached hydrogens (primary N) is 1. The largest absolute Gasteiger partial charge is 0.416 e. The summed E-state index contributed by atoms with van der Waals surface area (Å²) < 4.78 is 60.0. The van der Waals surface area contributed by atoms with Gasteiger partial charge in [-0.2, -0.15) is 13.2 Å². The summed E-state index contributed by atoms with van der Waals surface area (Å²) in [5.74, 6) is -0.0643. The van der Waals surface area contributed by atoms with E-state index in [9.17, 15) is 21.6 Å². The smallest absolute Gasteiger partial charge is 0.324 e. The first-order valence-electron chi connectivity index (χ1n) is 5.75. The molecule has 0 aromatic heterocycles. The summed E-state index contributed by atoms with van der Waals surface area (Å²) in [6.45, 7) is 0. The molecule has 2 N–H and O–H groups in total. The molecular formula is C12H14F3NO2S. The molecule has 1 atom stereocenters. The van der Waals surface area contributed by atoms with Crippen LogP contribution in [0.25, 0.3) is 0 Å². The number of benzene rings is 1. The molecule has 0 spiro atoms. The minimum atomic E-state index is -4.37. The van der Waals surface area contributed by atoms with Gasteiger partial charge in [0.25, 0.3) is 0 Å². The van der Waals surface area contributed by atoms with Gasteiger partial charge in [-0.15, -0.1) is 0 Å². The normalized spacial score (nSPS) is 26.5. The highest BCUT2D eigenvalue weighted by atomic mass is 32.2. The van der Waals surface area contributed by atoms with Crippen LogP contribution < -0.4 is 5.73 Å². The summed E-state index contributed by atoms with van der Waals surface area (Å²) in [6.07, 6.45) is -3.75. The Morgan fingerprint density at radius 2 is 1.79 bits per heavy atom. The van der Waals surface area contributed by atoms with Crippen molar-refractivity contribution in [3.8, 4) is 0 Å². The first kappa shape index (κ1) is 14.3. The number of sulfone groups is 1. The third-order valence-electron chi connectivity index (χ3n) is 3.26. The van der Waals surface area contributed by atoms with Crippen molar-refractivity contribution >= 4 is 9.84 Å². The average molecular weight is 293 g/mol. The van der Waals surface area contributed by atoms with Gasteiger partial charge in [0, 0.05) is 5.54 Å². The first-order chi connectivity index (χ1) is 8.60. The Morgan fingerprint density at radius 3 is 2.21 bits per heavy atom. The summed E-state index contributed by atoms with van der Waals surface area (Å²) in [5.41, 5.74) is 5.02. The van der Waals surface area contributed by atoms with E-state index in [-0.39, 0.29) is 17.9 Å². The summed E-state index contributed by atoms with van der Waals surface area (Å²) in [6, 6.07) is 4.68. The van der Waals surface area contributed by atoms with E-state index < -0.39 is 27.1 Å². The Balaban J connectivity index is 2.13. The van der Waals surface area contributed by atoms with E-state index in [0.29, 0.717) is 12.0 Å². The van der Waals surface area contributed by atoms with Crippen molar-refractivity contribution in [3.05, 3.63) is 35.4 Å². The van der Waals surface area contributed by atoms with Gasteiger partial charge in [0.2, 0.25) is 0 Å². The van der Waals surface area contributed by atoms with Gasteiger partial charge in [-0.25, -0.2) is 8.42 Å². The van der Waals surface area contributed by atoms with Gasteiger partial charge in [-0.1, -0.05) is 12.1 Å². The van der Waals surface area contributed by atoms with E-state index in [2.05, 4.69) is 0 Å². The van der Waals surface area contributed by atoms with Gasteiger partial charge in [-0.3, -0.25) is 0 Å². The second kappa shape index (κ2) is 4.49. The molecule has 1 aromatic rings. The SMILES string of the molecule is NC1(Cc2ccc(C(F)(F)F)cc2)CCS(=O)(=O)C1. The lowest BCUT2D eigenvalue weighted by Crippen LogP contribution is -2.43. The number of alkyl halides is 3. The Kier molecular flexibility index (Phi) is 3.38. The Bertz CT molecular complexity index is 566. The number of rotatable bonds is 2. The highest BCUT2D eigenvalue weighted by Gasteiger charge is 2.39. The maximum Gasteiger partial charge on any atom is 0.416 e. The maximum atomic E-state index is 12.4. The molecule has 0 saturated carbocycles. The third kappa shape index (κ3) is 3.48. The summed E-state index contributed by atoms with van der Waals surface area (Å²) in [7, 11) is -3.11. The minimum Gasteiger partial charge on any atom is -0.324 e. The molecule has 7 heteroatoms. The minimum absolute atomic E-state index is 0.0458.